The molecule has 3 aliphatic heterocycles. The normalized spacial score (nSPS) is 29.8. The monoisotopic (exact) mass is 289 g/mol. The molecule has 2 unspecified atom stereocenters. The lowest BCUT2D eigenvalue weighted by molar-refractivity contribution is -0.0307. The van der Waals surface area contributed by atoms with Crippen molar-refractivity contribution >= 4 is 5.91 Å². The molecular formula is C16H23N3O2. The van der Waals surface area contributed by atoms with Crippen molar-refractivity contribution in [1.29, 1.82) is 0 Å². The van der Waals surface area contributed by atoms with Crippen molar-refractivity contribution in [3.8, 4) is 0 Å². The molecule has 4 rings (SSSR count). The summed E-state index contributed by atoms with van der Waals surface area (Å²) >= 11 is 0. The van der Waals surface area contributed by atoms with Gasteiger partial charge in [0.25, 0.3) is 5.91 Å². The van der Waals surface area contributed by atoms with Crippen molar-refractivity contribution in [1.82, 2.24) is 14.8 Å². The third-order valence-electron chi connectivity index (χ3n) is 5.03. The van der Waals surface area contributed by atoms with Crippen molar-refractivity contribution < 1.29 is 9.53 Å². The molecule has 0 aromatic carbocycles. The molecule has 1 aromatic heterocycles. The lowest BCUT2D eigenvalue weighted by Crippen LogP contribution is -2.46. The molecule has 21 heavy (non-hydrogen) atoms. The molecule has 4 heterocycles. The lowest BCUT2D eigenvalue weighted by Gasteiger charge is -2.33. The van der Waals surface area contributed by atoms with Crippen molar-refractivity contribution in [3.63, 3.8) is 0 Å². The van der Waals surface area contributed by atoms with E-state index in [1.54, 1.807) is 0 Å². The van der Waals surface area contributed by atoms with Crippen LogP contribution >= 0.6 is 0 Å². The largest absolute Gasteiger partial charge is 0.371 e. The quantitative estimate of drug-likeness (QED) is 0.895. The number of piperidine rings is 1. The molecular weight excluding hydrogens is 266 g/mol. The number of morpholine rings is 1. The van der Waals surface area contributed by atoms with E-state index in [-0.39, 0.29) is 18.1 Å². The van der Waals surface area contributed by atoms with E-state index in [0.717, 1.165) is 57.6 Å². The molecule has 1 N–H and O–H groups in total. The minimum Gasteiger partial charge on any atom is -0.371 e. The number of rotatable bonds is 2. The van der Waals surface area contributed by atoms with E-state index in [4.69, 9.17) is 4.74 Å². The topological polar surface area (TPSA) is 46.5 Å². The van der Waals surface area contributed by atoms with Crippen LogP contribution in [0.1, 0.15) is 42.2 Å². The fourth-order valence-corrected chi connectivity index (χ4v) is 3.92. The number of carbonyl (C=O) groups is 1. The molecule has 0 saturated carbocycles. The Morgan fingerprint density at radius 1 is 1.14 bits per heavy atom. The molecule has 3 saturated heterocycles. The van der Waals surface area contributed by atoms with Gasteiger partial charge >= 0.3 is 0 Å². The highest BCUT2D eigenvalue weighted by atomic mass is 16.5. The zero-order valence-corrected chi connectivity index (χ0v) is 12.3. The van der Waals surface area contributed by atoms with E-state index >= 15 is 0 Å². The molecule has 0 aliphatic carbocycles. The summed E-state index contributed by atoms with van der Waals surface area (Å²) in [6.07, 6.45) is 6.99. The van der Waals surface area contributed by atoms with Gasteiger partial charge in [-0.05, 0) is 50.9 Å². The van der Waals surface area contributed by atoms with Crippen LogP contribution < -0.4 is 5.32 Å². The van der Waals surface area contributed by atoms with Gasteiger partial charge in [-0.15, -0.1) is 0 Å². The van der Waals surface area contributed by atoms with Crippen LogP contribution in [0.4, 0.5) is 0 Å². The fraction of sp³-hybridized carbons (Fsp3) is 0.688. The summed E-state index contributed by atoms with van der Waals surface area (Å²) in [5.74, 6) is 0.179. The summed E-state index contributed by atoms with van der Waals surface area (Å²) in [6.45, 7) is 3.59. The Kier molecular flexibility index (Phi) is 3.47. The molecule has 3 fully saturated rings. The predicted octanol–water partition coefficient (Wildman–Crippen LogP) is 1.42. The molecule has 0 radical (unpaired) electrons. The van der Waals surface area contributed by atoms with Gasteiger partial charge in [-0.1, -0.05) is 0 Å². The van der Waals surface area contributed by atoms with Crippen molar-refractivity contribution in [2.45, 2.75) is 43.9 Å². The van der Waals surface area contributed by atoms with Gasteiger partial charge in [0.2, 0.25) is 0 Å². The summed E-state index contributed by atoms with van der Waals surface area (Å²) in [7, 11) is 0. The number of nitrogens with zero attached hydrogens (tertiary/aromatic N) is 2. The van der Waals surface area contributed by atoms with Crippen LogP contribution in [0.3, 0.4) is 0 Å². The van der Waals surface area contributed by atoms with Crippen LogP contribution in [0.2, 0.25) is 0 Å². The average molecular weight is 289 g/mol. The summed E-state index contributed by atoms with van der Waals surface area (Å²) in [5.41, 5.74) is 0.850. The molecule has 0 spiro atoms. The van der Waals surface area contributed by atoms with Gasteiger partial charge in [0, 0.05) is 25.3 Å². The first-order chi connectivity index (χ1) is 10.3. The summed E-state index contributed by atoms with van der Waals surface area (Å²) < 4.78 is 8.03. The van der Waals surface area contributed by atoms with Crippen molar-refractivity contribution in [2.24, 2.45) is 0 Å². The number of ether oxygens (including phenoxy) is 1. The SMILES string of the molecule is O=C(c1cccn1C1CCNCC1)N1CC2CCC(C1)O2. The van der Waals surface area contributed by atoms with Crippen LogP contribution in [0.15, 0.2) is 18.3 Å². The third-order valence-corrected chi connectivity index (χ3v) is 5.03. The van der Waals surface area contributed by atoms with Gasteiger partial charge in [0.05, 0.1) is 12.2 Å². The summed E-state index contributed by atoms with van der Waals surface area (Å²) in [5, 5.41) is 3.38. The van der Waals surface area contributed by atoms with Gasteiger partial charge in [-0.2, -0.15) is 0 Å². The van der Waals surface area contributed by atoms with Gasteiger partial charge in [0.1, 0.15) is 5.69 Å². The highest BCUT2D eigenvalue weighted by Gasteiger charge is 2.36. The van der Waals surface area contributed by atoms with Crippen molar-refractivity contribution in [2.75, 3.05) is 26.2 Å². The second-order valence-electron chi connectivity index (χ2n) is 6.45. The summed E-state index contributed by atoms with van der Waals surface area (Å²) in [4.78, 5) is 14.9. The van der Waals surface area contributed by atoms with Crippen LogP contribution in [0.25, 0.3) is 0 Å². The average Bonchev–Trinajstić information content (AvgIpc) is 3.14. The number of likely N-dealkylation sites (tertiary alicyclic amines) is 1. The van der Waals surface area contributed by atoms with Gasteiger partial charge in [-0.25, -0.2) is 0 Å². The smallest absolute Gasteiger partial charge is 0.270 e. The fourth-order valence-electron chi connectivity index (χ4n) is 3.92. The molecule has 1 aromatic rings. The van der Waals surface area contributed by atoms with Crippen LogP contribution in [-0.2, 0) is 4.74 Å². The predicted molar refractivity (Wildman–Crippen MR) is 79.4 cm³/mol. The maximum Gasteiger partial charge on any atom is 0.270 e. The maximum atomic E-state index is 12.9. The number of nitrogens with one attached hydrogen (secondary N) is 1. The number of fused-ring (bicyclic) bond motifs is 2. The molecule has 2 bridgehead atoms. The van der Waals surface area contributed by atoms with E-state index in [2.05, 4.69) is 16.1 Å². The Labute approximate surface area is 125 Å². The van der Waals surface area contributed by atoms with E-state index in [1.165, 1.54) is 0 Å². The molecule has 5 nitrogen and oxygen atoms in total. The van der Waals surface area contributed by atoms with E-state index in [1.807, 2.05) is 17.0 Å². The Bertz CT molecular complexity index is 509. The molecule has 5 heteroatoms. The number of aromatic nitrogens is 1. The number of hydrogen-bond acceptors (Lipinski definition) is 3. The van der Waals surface area contributed by atoms with E-state index < -0.39 is 0 Å². The molecule has 114 valence electrons. The molecule has 2 atom stereocenters. The Morgan fingerprint density at radius 2 is 1.86 bits per heavy atom. The first-order valence-corrected chi connectivity index (χ1v) is 8.13. The van der Waals surface area contributed by atoms with Crippen LogP contribution in [0.5, 0.6) is 0 Å². The molecule has 1 amide bonds. The molecule has 3 aliphatic rings. The third kappa shape index (κ3) is 2.49. The summed E-state index contributed by atoms with van der Waals surface area (Å²) in [6, 6.07) is 4.43. The van der Waals surface area contributed by atoms with Gasteiger partial charge in [0.15, 0.2) is 0 Å². The Morgan fingerprint density at radius 3 is 2.57 bits per heavy atom. The second kappa shape index (κ2) is 5.46. The second-order valence-corrected chi connectivity index (χ2v) is 6.45. The van der Waals surface area contributed by atoms with E-state index in [0.29, 0.717) is 6.04 Å². The zero-order chi connectivity index (χ0) is 14.2. The standard InChI is InChI=1S/C16H23N3O2/c20-16(18-10-13-3-4-14(11-18)21-13)15-2-1-9-19(15)12-5-7-17-8-6-12/h1-2,9,12-14,17H,3-8,10-11H2. The minimum absolute atomic E-state index is 0.179. The van der Waals surface area contributed by atoms with Crippen LogP contribution in [0, 0.1) is 0 Å². The number of amides is 1. The lowest BCUT2D eigenvalue weighted by atomic mass is 10.1. The van der Waals surface area contributed by atoms with Crippen molar-refractivity contribution in [3.05, 3.63) is 24.0 Å². The first-order valence-electron chi connectivity index (χ1n) is 8.13. The minimum atomic E-state index is 0.179. The zero-order valence-electron chi connectivity index (χ0n) is 12.3. The number of carbonyl (C=O) groups excluding carboxylic acids is 1. The Hall–Kier alpha value is -1.33. The number of hydrogen-bond donors (Lipinski definition) is 1. The van der Waals surface area contributed by atoms with E-state index in [9.17, 15) is 4.79 Å². The maximum absolute atomic E-state index is 12.9. The first kappa shape index (κ1) is 13.3. The van der Waals surface area contributed by atoms with Crippen LogP contribution in [-0.4, -0.2) is 53.8 Å². The highest BCUT2D eigenvalue weighted by Crippen LogP contribution is 2.28. The van der Waals surface area contributed by atoms with Gasteiger partial charge < -0.3 is 19.5 Å². The van der Waals surface area contributed by atoms with Gasteiger partial charge in [-0.3, -0.25) is 4.79 Å². The Balaban J connectivity index is 1.53. The highest BCUT2D eigenvalue weighted by molar-refractivity contribution is 5.93.